The molecule has 0 saturated carbocycles. The van der Waals surface area contributed by atoms with Gasteiger partial charge in [0.25, 0.3) is 0 Å². The highest BCUT2D eigenvalue weighted by atomic mass is 32.1. The Kier molecular flexibility index (Phi) is 4.94. The first-order valence-corrected chi connectivity index (χ1v) is 5.61. The first-order chi connectivity index (χ1) is 7.69. The number of carbonyl (C=O) groups is 1. The molecule has 84 valence electrons. The minimum Gasteiger partial charge on any atom is -0.465 e. The van der Waals surface area contributed by atoms with Crippen molar-refractivity contribution in [2.24, 2.45) is 0 Å². The van der Waals surface area contributed by atoms with E-state index in [1.165, 1.54) is 7.11 Å². The summed E-state index contributed by atoms with van der Waals surface area (Å²) in [5.41, 5.74) is 2.30. The van der Waals surface area contributed by atoms with Gasteiger partial charge in [0.1, 0.15) is 0 Å². The van der Waals surface area contributed by atoms with Crippen molar-refractivity contribution in [3.05, 3.63) is 34.9 Å². The Balaban J connectivity index is 3.09. The second-order valence-corrected chi connectivity index (χ2v) is 3.76. The van der Waals surface area contributed by atoms with Crippen molar-refractivity contribution in [2.75, 3.05) is 12.9 Å². The summed E-state index contributed by atoms with van der Waals surface area (Å²) >= 11 is 4.08. The van der Waals surface area contributed by atoms with Crippen LogP contribution in [0.15, 0.2) is 18.2 Å². The zero-order valence-corrected chi connectivity index (χ0v) is 10.3. The second kappa shape index (κ2) is 6.24. The van der Waals surface area contributed by atoms with Crippen LogP contribution < -0.4 is 0 Å². The molecule has 0 spiro atoms. The molecule has 0 aliphatic heterocycles. The second-order valence-electron chi connectivity index (χ2n) is 3.32. The van der Waals surface area contributed by atoms with Gasteiger partial charge in [-0.1, -0.05) is 17.9 Å². The topological polar surface area (TPSA) is 26.3 Å². The van der Waals surface area contributed by atoms with Crippen molar-refractivity contribution >= 4 is 18.6 Å². The lowest BCUT2D eigenvalue weighted by Crippen LogP contribution is -2.04. The van der Waals surface area contributed by atoms with Crippen LogP contribution in [0.25, 0.3) is 0 Å². The van der Waals surface area contributed by atoms with E-state index in [1.54, 1.807) is 6.07 Å². The smallest absolute Gasteiger partial charge is 0.339 e. The van der Waals surface area contributed by atoms with Crippen molar-refractivity contribution in [1.82, 2.24) is 0 Å². The Morgan fingerprint density at radius 1 is 1.50 bits per heavy atom. The average molecular weight is 234 g/mol. The highest BCUT2D eigenvalue weighted by Crippen LogP contribution is 2.11. The fourth-order valence-corrected chi connectivity index (χ4v) is 1.37. The lowest BCUT2D eigenvalue weighted by Gasteiger charge is -2.03. The summed E-state index contributed by atoms with van der Waals surface area (Å²) in [5.74, 6) is 6.30. The summed E-state index contributed by atoms with van der Waals surface area (Å²) in [7, 11) is 1.37. The van der Waals surface area contributed by atoms with Crippen LogP contribution in [0.4, 0.5) is 0 Å². The molecule has 3 heteroatoms. The summed E-state index contributed by atoms with van der Waals surface area (Å²) < 4.78 is 4.70. The van der Waals surface area contributed by atoms with E-state index >= 15 is 0 Å². The Hall–Kier alpha value is -1.40. The van der Waals surface area contributed by atoms with Crippen LogP contribution in [0, 0.1) is 18.8 Å². The third-order valence-electron chi connectivity index (χ3n) is 2.04. The van der Waals surface area contributed by atoms with E-state index in [4.69, 9.17) is 4.74 Å². The van der Waals surface area contributed by atoms with Crippen LogP contribution in [-0.2, 0) is 4.74 Å². The molecule has 1 rings (SSSR count). The summed E-state index contributed by atoms with van der Waals surface area (Å²) in [6.45, 7) is 1.96. The molecule has 0 aliphatic rings. The van der Waals surface area contributed by atoms with Crippen LogP contribution in [0.2, 0.25) is 0 Å². The van der Waals surface area contributed by atoms with E-state index in [1.807, 2.05) is 19.1 Å². The molecule has 0 radical (unpaired) electrons. The van der Waals surface area contributed by atoms with Gasteiger partial charge >= 0.3 is 5.97 Å². The third-order valence-corrected chi connectivity index (χ3v) is 2.26. The number of methoxy groups -OCH3 is 1. The molecule has 0 fully saturated rings. The Bertz CT molecular complexity index is 441. The lowest BCUT2D eigenvalue weighted by molar-refractivity contribution is 0.0600. The zero-order chi connectivity index (χ0) is 12.0. The van der Waals surface area contributed by atoms with Gasteiger partial charge in [0, 0.05) is 17.7 Å². The number of carbonyl (C=O) groups excluding carboxylic acids is 1. The van der Waals surface area contributed by atoms with E-state index in [9.17, 15) is 4.79 Å². The largest absolute Gasteiger partial charge is 0.465 e. The number of rotatable bonds is 2. The number of thiol groups is 1. The van der Waals surface area contributed by atoms with Crippen molar-refractivity contribution in [1.29, 1.82) is 0 Å². The first-order valence-electron chi connectivity index (χ1n) is 4.97. The Morgan fingerprint density at radius 3 is 2.88 bits per heavy atom. The molecule has 0 aromatic heterocycles. The fourth-order valence-electron chi connectivity index (χ4n) is 1.26. The third kappa shape index (κ3) is 3.32. The van der Waals surface area contributed by atoms with Crippen molar-refractivity contribution in [3.8, 4) is 11.8 Å². The van der Waals surface area contributed by atoms with E-state index in [2.05, 4.69) is 24.5 Å². The highest BCUT2D eigenvalue weighted by Gasteiger charge is 2.09. The van der Waals surface area contributed by atoms with Crippen LogP contribution >= 0.6 is 12.6 Å². The number of esters is 1. The molecule has 0 saturated heterocycles. The predicted molar refractivity (Wildman–Crippen MR) is 67.9 cm³/mol. The predicted octanol–water partition coefficient (Wildman–Crippen LogP) is 2.45. The average Bonchev–Trinajstić information content (AvgIpc) is 2.29. The monoisotopic (exact) mass is 234 g/mol. The maximum absolute atomic E-state index is 11.5. The molecule has 0 heterocycles. The summed E-state index contributed by atoms with van der Waals surface area (Å²) in [6.07, 6.45) is 0.706. The molecule has 16 heavy (non-hydrogen) atoms. The Morgan fingerprint density at radius 2 is 2.25 bits per heavy atom. The molecule has 0 N–H and O–H groups in total. The maximum Gasteiger partial charge on any atom is 0.339 e. The Labute approximate surface area is 101 Å². The fraction of sp³-hybridized carbons (Fsp3) is 0.308. The SMILES string of the molecule is COC(=O)c1ccc(C)cc1C#CCCS. The summed E-state index contributed by atoms with van der Waals surface area (Å²) in [4.78, 5) is 11.5. The molecule has 0 amide bonds. The molecular formula is C13H14O2S. The zero-order valence-electron chi connectivity index (χ0n) is 9.41. The quantitative estimate of drug-likeness (QED) is 0.483. The number of hydrogen-bond acceptors (Lipinski definition) is 3. The molecule has 0 aliphatic carbocycles. The van der Waals surface area contributed by atoms with Gasteiger partial charge in [0.2, 0.25) is 0 Å². The summed E-state index contributed by atoms with van der Waals surface area (Å²) in [5, 5.41) is 0. The van der Waals surface area contributed by atoms with Crippen LogP contribution in [0.3, 0.4) is 0 Å². The van der Waals surface area contributed by atoms with Crippen molar-refractivity contribution in [3.63, 3.8) is 0 Å². The van der Waals surface area contributed by atoms with Gasteiger partial charge in [-0.3, -0.25) is 0 Å². The molecule has 0 atom stereocenters. The van der Waals surface area contributed by atoms with Crippen LogP contribution in [0.5, 0.6) is 0 Å². The van der Waals surface area contributed by atoms with E-state index < -0.39 is 0 Å². The van der Waals surface area contributed by atoms with Gasteiger partial charge in [-0.2, -0.15) is 12.6 Å². The van der Waals surface area contributed by atoms with Gasteiger partial charge in [-0.05, 0) is 24.6 Å². The van der Waals surface area contributed by atoms with Gasteiger partial charge in [0.15, 0.2) is 0 Å². The first kappa shape index (κ1) is 12.7. The minimum absolute atomic E-state index is 0.352. The lowest BCUT2D eigenvalue weighted by atomic mass is 10.0. The van der Waals surface area contributed by atoms with E-state index in [-0.39, 0.29) is 5.97 Å². The number of hydrogen-bond donors (Lipinski definition) is 1. The van der Waals surface area contributed by atoms with Crippen LogP contribution in [-0.4, -0.2) is 18.8 Å². The standard InChI is InChI=1S/C13H14O2S/c1-10-6-7-12(13(14)15-2)11(9-10)5-3-4-8-16/h6-7,9,16H,4,8H2,1-2H3. The molecule has 0 bridgehead atoms. The normalized spacial score (nSPS) is 9.19. The molecule has 1 aromatic carbocycles. The number of ether oxygens (including phenoxy) is 1. The minimum atomic E-state index is -0.352. The van der Waals surface area contributed by atoms with Gasteiger partial charge in [-0.15, -0.1) is 0 Å². The molecule has 0 unspecified atom stereocenters. The van der Waals surface area contributed by atoms with E-state index in [0.29, 0.717) is 23.3 Å². The summed E-state index contributed by atoms with van der Waals surface area (Å²) in [6, 6.07) is 5.50. The molecule has 2 nitrogen and oxygen atoms in total. The van der Waals surface area contributed by atoms with Crippen molar-refractivity contribution in [2.45, 2.75) is 13.3 Å². The van der Waals surface area contributed by atoms with Gasteiger partial charge < -0.3 is 4.74 Å². The van der Waals surface area contributed by atoms with Crippen LogP contribution in [0.1, 0.15) is 27.9 Å². The van der Waals surface area contributed by atoms with Gasteiger partial charge in [0.05, 0.1) is 12.7 Å². The number of benzene rings is 1. The van der Waals surface area contributed by atoms with E-state index in [0.717, 1.165) is 5.56 Å². The highest BCUT2D eigenvalue weighted by molar-refractivity contribution is 7.80. The van der Waals surface area contributed by atoms with Crippen molar-refractivity contribution < 1.29 is 9.53 Å². The van der Waals surface area contributed by atoms with Gasteiger partial charge in [-0.25, -0.2) is 4.79 Å². The maximum atomic E-state index is 11.5. The molecule has 1 aromatic rings. The number of aryl methyl sites for hydroxylation is 1. The molecular weight excluding hydrogens is 220 g/mol.